The van der Waals surface area contributed by atoms with E-state index < -0.39 is 5.97 Å². The molecule has 2 aliphatic rings. The van der Waals surface area contributed by atoms with E-state index in [2.05, 4.69) is 17.9 Å². The third-order valence-corrected chi connectivity index (χ3v) is 5.69. The third kappa shape index (κ3) is 5.57. The molecule has 0 amide bonds. The van der Waals surface area contributed by atoms with Gasteiger partial charge >= 0.3 is 5.97 Å². The third-order valence-electron chi connectivity index (χ3n) is 5.69. The molecule has 2 saturated carbocycles. The van der Waals surface area contributed by atoms with Crippen LogP contribution in [0.2, 0.25) is 0 Å². The molecule has 0 aromatic heterocycles. The predicted octanol–water partition coefficient (Wildman–Crippen LogP) is 3.75. The lowest BCUT2D eigenvalue weighted by Crippen LogP contribution is -2.17. The summed E-state index contributed by atoms with van der Waals surface area (Å²) in [5.74, 6) is 5.88. The molecule has 142 valence electrons. The first kappa shape index (κ1) is 20.5. The fourth-order valence-electron chi connectivity index (χ4n) is 4.23. The Labute approximate surface area is 156 Å². The predicted molar refractivity (Wildman–Crippen MR) is 101 cm³/mol. The fraction of sp³-hybridized carbons (Fsp3) is 0.636. The first-order valence-corrected chi connectivity index (χ1v) is 9.61. The van der Waals surface area contributed by atoms with Crippen molar-refractivity contribution in [3.05, 3.63) is 23.8 Å². The highest BCUT2D eigenvalue weighted by atomic mass is 16.4. The van der Waals surface area contributed by atoms with E-state index in [0.29, 0.717) is 24.7 Å². The molecule has 2 N–H and O–H groups in total. The highest BCUT2D eigenvalue weighted by molar-refractivity contribution is 5.91. The van der Waals surface area contributed by atoms with Gasteiger partial charge in [0.05, 0.1) is 6.10 Å². The minimum Gasteiger partial charge on any atom is -0.481 e. The highest BCUT2D eigenvalue weighted by Crippen LogP contribution is 2.50. The number of allylic oxidation sites excluding steroid dienone is 3. The quantitative estimate of drug-likeness (QED) is 0.300. The van der Waals surface area contributed by atoms with Gasteiger partial charge in [0.15, 0.2) is 5.78 Å². The van der Waals surface area contributed by atoms with Crippen LogP contribution >= 0.6 is 0 Å². The fourth-order valence-corrected chi connectivity index (χ4v) is 4.23. The summed E-state index contributed by atoms with van der Waals surface area (Å²) in [7, 11) is 0. The molecule has 5 atom stereocenters. The van der Waals surface area contributed by atoms with Gasteiger partial charge < -0.3 is 10.2 Å². The van der Waals surface area contributed by atoms with Crippen LogP contribution in [-0.4, -0.2) is 28.1 Å². The van der Waals surface area contributed by atoms with E-state index in [-0.39, 0.29) is 30.1 Å². The molecular formula is C22H30O4. The molecule has 0 radical (unpaired) electrons. The number of unbranched alkanes of at least 4 members (excludes halogenated alkanes) is 1. The maximum Gasteiger partial charge on any atom is 0.303 e. The van der Waals surface area contributed by atoms with E-state index in [4.69, 9.17) is 5.11 Å². The summed E-state index contributed by atoms with van der Waals surface area (Å²) in [6.07, 6.45) is 10.4. The number of hydrogen-bond donors (Lipinski definition) is 2. The summed E-state index contributed by atoms with van der Waals surface area (Å²) >= 11 is 0. The molecule has 0 saturated heterocycles. The van der Waals surface area contributed by atoms with Crippen molar-refractivity contribution in [1.29, 1.82) is 0 Å². The van der Waals surface area contributed by atoms with Gasteiger partial charge in [0.1, 0.15) is 0 Å². The number of carbonyl (C=O) groups excluding carboxylic acids is 1. The van der Waals surface area contributed by atoms with Crippen molar-refractivity contribution in [3.63, 3.8) is 0 Å². The standard InChI is InChI=1S/C22H30O4/c1-3-4-7-15(2)20(23)11-10-18-19-13-16(8-5-6-9-22(25)26)12-17(19)14-21(18)24/h8,10-11,15,17-19,21,24H,5-7,9,12-14H2,1-2H3,(H,25,26)/t15?,17?,18-,19+,21-/m0/s1. The number of carbonyl (C=O) groups is 2. The topological polar surface area (TPSA) is 74.6 Å². The molecule has 0 aromatic carbocycles. The number of aliphatic hydroxyl groups is 1. The molecule has 2 aliphatic carbocycles. The summed E-state index contributed by atoms with van der Waals surface area (Å²) in [4.78, 5) is 22.8. The van der Waals surface area contributed by atoms with Gasteiger partial charge in [0.2, 0.25) is 0 Å². The van der Waals surface area contributed by atoms with Crippen LogP contribution < -0.4 is 0 Å². The number of carboxylic acid groups (broad SMARTS) is 1. The van der Waals surface area contributed by atoms with Gasteiger partial charge in [0.25, 0.3) is 0 Å². The first-order valence-electron chi connectivity index (χ1n) is 9.61. The zero-order valence-corrected chi connectivity index (χ0v) is 15.8. The monoisotopic (exact) mass is 358 g/mol. The van der Waals surface area contributed by atoms with Gasteiger partial charge in [-0.15, -0.1) is 11.8 Å². The Morgan fingerprint density at radius 3 is 2.81 bits per heavy atom. The normalized spacial score (nSPS) is 30.2. The second-order valence-electron chi connectivity index (χ2n) is 7.65. The Balaban J connectivity index is 1.91. The minimum atomic E-state index is -0.746. The van der Waals surface area contributed by atoms with Crippen molar-refractivity contribution in [2.75, 3.05) is 0 Å². The molecule has 0 heterocycles. The number of aliphatic hydroxyl groups excluding tert-OH is 1. The molecule has 0 bridgehead atoms. The lowest BCUT2D eigenvalue weighted by molar-refractivity contribution is -0.137. The number of fused-ring (bicyclic) bond motifs is 1. The Kier molecular flexibility index (Phi) is 7.66. The SMILES string of the molecule is CC#CCC(C)C(=O)C=C[C@H]1[C@@H]2CC(=CCCCC(=O)O)CC2C[C@@H]1O. The van der Waals surface area contributed by atoms with Crippen molar-refractivity contribution in [1.82, 2.24) is 0 Å². The molecule has 0 aliphatic heterocycles. The minimum absolute atomic E-state index is 0.0401. The van der Waals surface area contributed by atoms with Crippen LogP contribution in [0.25, 0.3) is 0 Å². The average Bonchev–Trinajstić information content (AvgIpc) is 3.10. The van der Waals surface area contributed by atoms with Crippen molar-refractivity contribution in [3.8, 4) is 11.8 Å². The number of rotatable bonds is 8. The Bertz CT molecular complexity index is 634. The number of carboxylic acids is 1. The van der Waals surface area contributed by atoms with Crippen LogP contribution in [0.4, 0.5) is 0 Å². The summed E-state index contributed by atoms with van der Waals surface area (Å²) in [5.41, 5.74) is 1.38. The van der Waals surface area contributed by atoms with Crippen LogP contribution in [0, 0.1) is 35.5 Å². The van der Waals surface area contributed by atoms with Crippen LogP contribution in [0.15, 0.2) is 23.8 Å². The zero-order valence-electron chi connectivity index (χ0n) is 15.8. The largest absolute Gasteiger partial charge is 0.481 e. The van der Waals surface area contributed by atoms with Gasteiger partial charge in [-0.1, -0.05) is 24.6 Å². The van der Waals surface area contributed by atoms with E-state index in [0.717, 1.165) is 25.7 Å². The van der Waals surface area contributed by atoms with Crippen molar-refractivity contribution >= 4 is 11.8 Å². The molecule has 0 spiro atoms. The van der Waals surface area contributed by atoms with Crippen LogP contribution in [0.1, 0.15) is 58.8 Å². The lowest BCUT2D eigenvalue weighted by Gasteiger charge is -2.17. The zero-order chi connectivity index (χ0) is 19.1. The maximum absolute atomic E-state index is 12.2. The molecule has 26 heavy (non-hydrogen) atoms. The Morgan fingerprint density at radius 1 is 1.35 bits per heavy atom. The highest BCUT2D eigenvalue weighted by Gasteiger charge is 2.44. The molecule has 2 unspecified atom stereocenters. The van der Waals surface area contributed by atoms with Gasteiger partial charge in [-0.3, -0.25) is 9.59 Å². The molecule has 2 fully saturated rings. The summed E-state index contributed by atoms with van der Waals surface area (Å²) in [6, 6.07) is 0. The smallest absolute Gasteiger partial charge is 0.303 e. The van der Waals surface area contributed by atoms with Crippen molar-refractivity contribution < 1.29 is 19.8 Å². The van der Waals surface area contributed by atoms with Gasteiger partial charge in [-0.2, -0.15) is 0 Å². The Hall–Kier alpha value is -1.86. The summed E-state index contributed by atoms with van der Waals surface area (Å²) in [6.45, 7) is 3.66. The summed E-state index contributed by atoms with van der Waals surface area (Å²) in [5, 5.41) is 19.1. The maximum atomic E-state index is 12.2. The average molecular weight is 358 g/mol. The molecule has 4 heteroatoms. The van der Waals surface area contributed by atoms with Crippen molar-refractivity contribution in [2.45, 2.75) is 64.9 Å². The number of ketones is 1. The second-order valence-corrected chi connectivity index (χ2v) is 7.65. The number of aliphatic carboxylic acids is 1. The van der Waals surface area contributed by atoms with Crippen molar-refractivity contribution in [2.24, 2.45) is 23.7 Å². The number of hydrogen-bond acceptors (Lipinski definition) is 3. The van der Waals surface area contributed by atoms with Gasteiger partial charge in [-0.25, -0.2) is 0 Å². The van der Waals surface area contributed by atoms with Gasteiger partial charge in [-0.05, 0) is 56.9 Å². The van der Waals surface area contributed by atoms with Crippen LogP contribution in [0.5, 0.6) is 0 Å². The second kappa shape index (κ2) is 9.73. The molecule has 4 nitrogen and oxygen atoms in total. The first-order chi connectivity index (χ1) is 12.4. The Morgan fingerprint density at radius 2 is 2.12 bits per heavy atom. The van der Waals surface area contributed by atoms with E-state index in [9.17, 15) is 14.7 Å². The molecule has 0 aromatic rings. The van der Waals surface area contributed by atoms with E-state index in [1.54, 1.807) is 13.0 Å². The van der Waals surface area contributed by atoms with Gasteiger partial charge in [0, 0.05) is 24.7 Å². The summed E-state index contributed by atoms with van der Waals surface area (Å²) < 4.78 is 0. The van der Waals surface area contributed by atoms with E-state index >= 15 is 0 Å². The van der Waals surface area contributed by atoms with Crippen LogP contribution in [-0.2, 0) is 9.59 Å². The van der Waals surface area contributed by atoms with E-state index in [1.165, 1.54) is 5.57 Å². The molecule has 2 rings (SSSR count). The van der Waals surface area contributed by atoms with Crippen LogP contribution in [0.3, 0.4) is 0 Å². The lowest BCUT2D eigenvalue weighted by atomic mass is 9.89. The molecular weight excluding hydrogens is 328 g/mol. The van der Waals surface area contributed by atoms with E-state index in [1.807, 2.05) is 13.0 Å².